The molecule has 0 atom stereocenters. The van der Waals surface area contributed by atoms with Crippen molar-refractivity contribution in [1.29, 1.82) is 0 Å². The first-order valence-electron chi connectivity index (χ1n) is 7.37. The molecule has 20 heavy (non-hydrogen) atoms. The SMILES string of the molecule is Fc1ccccc1SCCN1CC(N2CCNCC2)C1. The number of likely N-dealkylation sites (tertiary alicyclic amines) is 1. The van der Waals surface area contributed by atoms with Crippen LogP contribution in [0.4, 0.5) is 4.39 Å². The molecule has 2 aliphatic rings. The van der Waals surface area contributed by atoms with Crippen molar-refractivity contribution in [3.05, 3.63) is 30.1 Å². The second kappa shape index (κ2) is 6.89. The molecule has 2 fully saturated rings. The fraction of sp³-hybridized carbons (Fsp3) is 0.600. The largest absolute Gasteiger partial charge is 0.314 e. The topological polar surface area (TPSA) is 18.5 Å². The van der Waals surface area contributed by atoms with E-state index in [1.165, 1.54) is 32.2 Å². The summed E-state index contributed by atoms with van der Waals surface area (Å²) in [5.74, 6) is 0.870. The fourth-order valence-corrected chi connectivity index (χ4v) is 3.80. The summed E-state index contributed by atoms with van der Waals surface area (Å²) in [5.41, 5.74) is 0. The Morgan fingerprint density at radius 1 is 1.20 bits per heavy atom. The molecule has 1 N–H and O–H groups in total. The predicted molar refractivity (Wildman–Crippen MR) is 81.8 cm³/mol. The lowest BCUT2D eigenvalue weighted by molar-refractivity contribution is 0.0316. The molecule has 0 spiro atoms. The highest BCUT2D eigenvalue weighted by atomic mass is 32.2. The summed E-state index contributed by atoms with van der Waals surface area (Å²) in [6.45, 7) is 8.03. The summed E-state index contributed by atoms with van der Waals surface area (Å²) >= 11 is 1.62. The van der Waals surface area contributed by atoms with Crippen LogP contribution >= 0.6 is 11.8 Å². The molecule has 0 aromatic heterocycles. The predicted octanol–water partition coefficient (Wildman–Crippen LogP) is 1.51. The minimum absolute atomic E-state index is 0.0974. The van der Waals surface area contributed by atoms with E-state index in [1.807, 2.05) is 12.1 Å². The Labute approximate surface area is 124 Å². The number of nitrogens with one attached hydrogen (secondary N) is 1. The highest BCUT2D eigenvalue weighted by molar-refractivity contribution is 7.99. The lowest BCUT2D eigenvalue weighted by Gasteiger charge is -2.46. The molecule has 2 heterocycles. The molecule has 5 heteroatoms. The first kappa shape index (κ1) is 14.3. The molecule has 2 saturated heterocycles. The van der Waals surface area contributed by atoms with Crippen LogP contribution in [0.5, 0.6) is 0 Å². The zero-order valence-corrected chi connectivity index (χ0v) is 12.5. The Kier molecular flexibility index (Phi) is 4.94. The minimum Gasteiger partial charge on any atom is -0.314 e. The van der Waals surface area contributed by atoms with E-state index in [4.69, 9.17) is 0 Å². The molecule has 0 radical (unpaired) electrons. The summed E-state index contributed by atoms with van der Waals surface area (Å²) in [4.78, 5) is 5.84. The van der Waals surface area contributed by atoms with Crippen molar-refractivity contribution in [2.75, 3.05) is 51.6 Å². The van der Waals surface area contributed by atoms with E-state index < -0.39 is 0 Å². The van der Waals surface area contributed by atoms with Gasteiger partial charge in [0, 0.05) is 62.5 Å². The third kappa shape index (κ3) is 3.52. The van der Waals surface area contributed by atoms with Gasteiger partial charge in [0.2, 0.25) is 0 Å². The molecule has 3 nitrogen and oxygen atoms in total. The minimum atomic E-state index is -0.0974. The van der Waals surface area contributed by atoms with Gasteiger partial charge >= 0.3 is 0 Å². The van der Waals surface area contributed by atoms with Crippen LogP contribution in [-0.2, 0) is 0 Å². The van der Waals surface area contributed by atoms with E-state index in [0.717, 1.165) is 36.3 Å². The van der Waals surface area contributed by atoms with E-state index in [-0.39, 0.29) is 5.82 Å². The van der Waals surface area contributed by atoms with Crippen LogP contribution in [0.1, 0.15) is 0 Å². The van der Waals surface area contributed by atoms with Crippen molar-refractivity contribution < 1.29 is 4.39 Å². The second-order valence-corrected chi connectivity index (χ2v) is 6.62. The van der Waals surface area contributed by atoms with Gasteiger partial charge in [-0.25, -0.2) is 4.39 Å². The number of halogens is 1. The van der Waals surface area contributed by atoms with Gasteiger partial charge in [0.15, 0.2) is 0 Å². The quantitative estimate of drug-likeness (QED) is 0.830. The number of benzene rings is 1. The Balaban J connectivity index is 1.34. The lowest BCUT2D eigenvalue weighted by atomic mass is 10.1. The second-order valence-electron chi connectivity index (χ2n) is 5.48. The van der Waals surface area contributed by atoms with Crippen molar-refractivity contribution in [2.24, 2.45) is 0 Å². The highest BCUT2D eigenvalue weighted by Crippen LogP contribution is 2.22. The number of thioether (sulfide) groups is 1. The van der Waals surface area contributed by atoms with Crippen molar-refractivity contribution in [3.8, 4) is 0 Å². The maximum Gasteiger partial charge on any atom is 0.136 e. The van der Waals surface area contributed by atoms with Crippen LogP contribution in [0.3, 0.4) is 0 Å². The molecule has 0 unspecified atom stereocenters. The van der Waals surface area contributed by atoms with Gasteiger partial charge in [-0.3, -0.25) is 9.80 Å². The van der Waals surface area contributed by atoms with Crippen LogP contribution in [0.2, 0.25) is 0 Å². The monoisotopic (exact) mass is 295 g/mol. The molecule has 3 rings (SSSR count). The van der Waals surface area contributed by atoms with E-state index in [1.54, 1.807) is 17.8 Å². The van der Waals surface area contributed by atoms with Gasteiger partial charge in [-0.15, -0.1) is 11.8 Å². The zero-order chi connectivity index (χ0) is 13.8. The smallest absolute Gasteiger partial charge is 0.136 e. The third-order valence-electron chi connectivity index (χ3n) is 4.11. The average molecular weight is 295 g/mol. The maximum absolute atomic E-state index is 13.5. The first-order valence-corrected chi connectivity index (χ1v) is 8.36. The molecule has 0 saturated carbocycles. The van der Waals surface area contributed by atoms with Crippen LogP contribution in [-0.4, -0.2) is 67.4 Å². The Morgan fingerprint density at radius 2 is 1.95 bits per heavy atom. The third-order valence-corrected chi connectivity index (χ3v) is 5.14. The first-order chi connectivity index (χ1) is 9.83. The summed E-state index contributed by atoms with van der Waals surface area (Å²) in [6.07, 6.45) is 0. The lowest BCUT2D eigenvalue weighted by Crippen LogP contribution is -2.62. The molecule has 0 amide bonds. The van der Waals surface area contributed by atoms with Crippen molar-refractivity contribution in [1.82, 2.24) is 15.1 Å². The van der Waals surface area contributed by atoms with E-state index in [9.17, 15) is 4.39 Å². The van der Waals surface area contributed by atoms with Gasteiger partial charge in [0.05, 0.1) is 0 Å². The molecular weight excluding hydrogens is 273 g/mol. The van der Waals surface area contributed by atoms with E-state index in [2.05, 4.69) is 15.1 Å². The van der Waals surface area contributed by atoms with Crippen LogP contribution in [0.15, 0.2) is 29.2 Å². The fourth-order valence-electron chi connectivity index (χ4n) is 2.85. The van der Waals surface area contributed by atoms with Gasteiger partial charge in [0.25, 0.3) is 0 Å². The summed E-state index contributed by atoms with van der Waals surface area (Å²) in [6, 6.07) is 7.78. The molecule has 0 aliphatic carbocycles. The van der Waals surface area contributed by atoms with Gasteiger partial charge < -0.3 is 5.32 Å². The van der Waals surface area contributed by atoms with Crippen LogP contribution in [0.25, 0.3) is 0 Å². The number of hydrogen-bond donors (Lipinski definition) is 1. The average Bonchev–Trinajstić information content (AvgIpc) is 2.44. The molecule has 2 aliphatic heterocycles. The zero-order valence-electron chi connectivity index (χ0n) is 11.7. The highest BCUT2D eigenvalue weighted by Gasteiger charge is 2.31. The molecule has 110 valence electrons. The molecule has 1 aromatic carbocycles. The molecule has 0 bridgehead atoms. The van der Waals surface area contributed by atoms with Crippen molar-refractivity contribution >= 4 is 11.8 Å². The van der Waals surface area contributed by atoms with Gasteiger partial charge in [-0.05, 0) is 12.1 Å². The normalized spacial score (nSPS) is 21.9. The van der Waals surface area contributed by atoms with Gasteiger partial charge in [0.1, 0.15) is 5.82 Å². The Hall–Kier alpha value is -0.620. The van der Waals surface area contributed by atoms with Crippen LogP contribution in [0, 0.1) is 5.82 Å². The Bertz CT molecular complexity index is 431. The van der Waals surface area contributed by atoms with Crippen molar-refractivity contribution in [2.45, 2.75) is 10.9 Å². The standard InChI is InChI=1S/C15H22FN3S/c16-14-3-1-2-4-15(14)20-10-9-18-11-13(12-18)19-7-5-17-6-8-19/h1-4,13,17H,5-12H2. The van der Waals surface area contributed by atoms with Crippen LogP contribution < -0.4 is 5.32 Å². The Morgan fingerprint density at radius 3 is 2.70 bits per heavy atom. The number of piperazine rings is 1. The maximum atomic E-state index is 13.5. The number of hydrogen-bond acceptors (Lipinski definition) is 4. The summed E-state index contributed by atoms with van der Waals surface area (Å²) in [7, 11) is 0. The number of nitrogens with zero attached hydrogens (tertiary/aromatic N) is 2. The van der Waals surface area contributed by atoms with Gasteiger partial charge in [-0.2, -0.15) is 0 Å². The van der Waals surface area contributed by atoms with E-state index >= 15 is 0 Å². The summed E-state index contributed by atoms with van der Waals surface area (Å²) < 4.78 is 13.5. The summed E-state index contributed by atoms with van der Waals surface area (Å²) in [5, 5.41) is 3.39. The molecular formula is C15H22FN3S. The molecule has 1 aromatic rings. The van der Waals surface area contributed by atoms with E-state index in [0.29, 0.717) is 0 Å². The number of rotatable bonds is 5. The van der Waals surface area contributed by atoms with Crippen molar-refractivity contribution in [3.63, 3.8) is 0 Å². The van der Waals surface area contributed by atoms with Gasteiger partial charge in [-0.1, -0.05) is 12.1 Å².